The van der Waals surface area contributed by atoms with Crippen molar-refractivity contribution in [3.05, 3.63) is 53.1 Å². The molecule has 1 amide bonds. The molecular weight excluding hydrogens is 547 g/mol. The van der Waals surface area contributed by atoms with E-state index in [1.807, 2.05) is 6.20 Å². The number of nitrogens with one attached hydrogen (secondary N) is 1. The number of piperazine rings is 1. The SMILES string of the molecule is C=C(F)C(=O)N1CCN(c2nc(OCC3CC(F)(F)CN3C)nc3c2CCN(c2c(C)c(C)cc4[nH]ccc24)C3)CC1. The summed E-state index contributed by atoms with van der Waals surface area (Å²) in [6.45, 7) is 10.0. The van der Waals surface area contributed by atoms with Crippen LogP contribution in [-0.2, 0) is 17.8 Å². The van der Waals surface area contributed by atoms with Crippen LogP contribution in [-0.4, -0.2) is 95.5 Å². The third kappa shape index (κ3) is 5.28. The van der Waals surface area contributed by atoms with Gasteiger partial charge in [0.05, 0.1) is 18.8 Å². The highest BCUT2D eigenvalue weighted by atomic mass is 19.3. The molecule has 6 rings (SSSR count). The summed E-state index contributed by atoms with van der Waals surface area (Å²) in [5.74, 6) is -3.69. The van der Waals surface area contributed by atoms with Crippen molar-refractivity contribution in [3.8, 4) is 6.01 Å². The Labute approximate surface area is 242 Å². The number of carbonyl (C=O) groups is 1. The summed E-state index contributed by atoms with van der Waals surface area (Å²) in [7, 11) is 1.67. The number of anilines is 2. The lowest BCUT2D eigenvalue weighted by atomic mass is 9.99. The fourth-order valence-corrected chi connectivity index (χ4v) is 6.44. The van der Waals surface area contributed by atoms with Crippen LogP contribution in [0.15, 0.2) is 30.7 Å². The molecule has 1 aromatic carbocycles. The molecule has 3 aromatic rings. The summed E-state index contributed by atoms with van der Waals surface area (Å²) in [5, 5.41) is 1.15. The van der Waals surface area contributed by atoms with E-state index in [0.29, 0.717) is 39.1 Å². The zero-order valence-corrected chi connectivity index (χ0v) is 24.2. The van der Waals surface area contributed by atoms with Gasteiger partial charge < -0.3 is 24.4 Å². The average Bonchev–Trinajstić information content (AvgIpc) is 3.52. The van der Waals surface area contributed by atoms with Gasteiger partial charge in [-0.25, -0.2) is 13.2 Å². The summed E-state index contributed by atoms with van der Waals surface area (Å²) in [5.41, 5.74) is 6.47. The zero-order valence-electron chi connectivity index (χ0n) is 24.2. The molecule has 0 radical (unpaired) electrons. The molecule has 0 aliphatic carbocycles. The number of alkyl halides is 2. The van der Waals surface area contributed by atoms with Crippen LogP contribution in [0.5, 0.6) is 6.01 Å². The molecule has 1 unspecified atom stereocenters. The number of carbonyl (C=O) groups excluding carboxylic acids is 1. The summed E-state index contributed by atoms with van der Waals surface area (Å²) in [6.07, 6.45) is 2.37. The van der Waals surface area contributed by atoms with E-state index in [0.717, 1.165) is 40.2 Å². The molecule has 9 nitrogen and oxygen atoms in total. The van der Waals surface area contributed by atoms with Gasteiger partial charge in [0, 0.05) is 73.5 Å². The highest BCUT2D eigenvalue weighted by molar-refractivity contribution is 5.95. The number of hydrogen-bond donors (Lipinski definition) is 1. The first-order valence-electron chi connectivity index (χ1n) is 14.3. The number of nitrogens with zero attached hydrogens (tertiary/aromatic N) is 6. The number of aryl methyl sites for hydroxylation is 1. The third-order valence-electron chi connectivity index (χ3n) is 8.82. The number of amides is 1. The molecule has 3 aliphatic heterocycles. The first kappa shape index (κ1) is 28.3. The van der Waals surface area contributed by atoms with Crippen LogP contribution in [0.1, 0.15) is 28.8 Å². The largest absolute Gasteiger partial charge is 0.462 e. The molecule has 3 aliphatic rings. The normalized spacial score (nSPS) is 20.7. The van der Waals surface area contributed by atoms with Crippen molar-refractivity contribution in [1.29, 1.82) is 0 Å². The predicted molar refractivity (Wildman–Crippen MR) is 155 cm³/mol. The van der Waals surface area contributed by atoms with Crippen LogP contribution in [0, 0.1) is 13.8 Å². The molecule has 0 spiro atoms. The maximum absolute atomic E-state index is 14.0. The van der Waals surface area contributed by atoms with Crippen molar-refractivity contribution in [2.24, 2.45) is 0 Å². The molecule has 0 saturated carbocycles. The Morgan fingerprint density at radius 3 is 2.62 bits per heavy atom. The van der Waals surface area contributed by atoms with Gasteiger partial charge in [0.25, 0.3) is 11.8 Å². The van der Waals surface area contributed by atoms with Gasteiger partial charge in [0.1, 0.15) is 12.4 Å². The molecule has 0 bridgehead atoms. The second-order valence-corrected chi connectivity index (χ2v) is 11.7. The number of aromatic amines is 1. The van der Waals surface area contributed by atoms with E-state index in [9.17, 15) is 18.0 Å². The van der Waals surface area contributed by atoms with Gasteiger partial charge in [0.2, 0.25) is 0 Å². The zero-order chi connectivity index (χ0) is 29.8. The van der Waals surface area contributed by atoms with Gasteiger partial charge in [-0.1, -0.05) is 6.58 Å². The lowest BCUT2D eigenvalue weighted by molar-refractivity contribution is -0.128. The fourth-order valence-electron chi connectivity index (χ4n) is 6.44. The van der Waals surface area contributed by atoms with Gasteiger partial charge in [-0.05, 0) is 50.6 Å². The van der Waals surface area contributed by atoms with Crippen LogP contribution in [0.2, 0.25) is 0 Å². The Morgan fingerprint density at radius 2 is 1.93 bits per heavy atom. The lowest BCUT2D eigenvalue weighted by Crippen LogP contribution is -2.49. The Balaban J connectivity index is 1.31. The number of H-pyrrole nitrogens is 1. The van der Waals surface area contributed by atoms with Gasteiger partial charge >= 0.3 is 6.01 Å². The highest BCUT2D eigenvalue weighted by Crippen LogP contribution is 2.38. The Morgan fingerprint density at radius 1 is 1.17 bits per heavy atom. The van der Waals surface area contributed by atoms with Crippen LogP contribution < -0.4 is 14.5 Å². The molecule has 12 heteroatoms. The number of likely N-dealkylation sites (tertiary alicyclic amines) is 1. The number of hydrogen-bond acceptors (Lipinski definition) is 7. The number of benzene rings is 1. The van der Waals surface area contributed by atoms with E-state index >= 15 is 0 Å². The van der Waals surface area contributed by atoms with Crippen molar-refractivity contribution < 1.29 is 22.7 Å². The topological polar surface area (TPSA) is 80.8 Å². The molecular formula is C30H36F3N7O2. The van der Waals surface area contributed by atoms with Gasteiger partial charge in [-0.3, -0.25) is 9.69 Å². The predicted octanol–water partition coefficient (Wildman–Crippen LogP) is 3.99. The van der Waals surface area contributed by atoms with Crippen LogP contribution in [0.4, 0.5) is 24.7 Å². The second-order valence-electron chi connectivity index (χ2n) is 11.7. The number of aromatic nitrogens is 3. The van der Waals surface area contributed by atoms with E-state index in [1.54, 1.807) is 11.9 Å². The van der Waals surface area contributed by atoms with E-state index in [2.05, 4.69) is 47.3 Å². The molecule has 2 saturated heterocycles. The van der Waals surface area contributed by atoms with E-state index < -0.39 is 23.7 Å². The average molecular weight is 584 g/mol. The van der Waals surface area contributed by atoms with Crippen molar-refractivity contribution in [3.63, 3.8) is 0 Å². The second kappa shape index (κ2) is 10.8. The lowest BCUT2D eigenvalue weighted by Gasteiger charge is -2.38. The highest BCUT2D eigenvalue weighted by Gasteiger charge is 2.43. The van der Waals surface area contributed by atoms with E-state index in [1.165, 1.54) is 16.0 Å². The van der Waals surface area contributed by atoms with Crippen LogP contribution in [0.25, 0.3) is 10.9 Å². The van der Waals surface area contributed by atoms with Gasteiger partial charge in [-0.15, -0.1) is 0 Å². The number of rotatable bonds is 6. The van der Waals surface area contributed by atoms with E-state index in [-0.39, 0.29) is 25.6 Å². The Hall–Kier alpha value is -3.80. The fraction of sp³-hybridized carbons (Fsp3) is 0.500. The number of fused-ring (bicyclic) bond motifs is 2. The van der Waals surface area contributed by atoms with Crippen molar-refractivity contribution in [2.75, 3.05) is 62.7 Å². The summed E-state index contributed by atoms with van der Waals surface area (Å²) in [6, 6.07) is 3.95. The molecule has 1 atom stereocenters. The molecule has 2 fully saturated rings. The quantitative estimate of drug-likeness (QED) is 0.440. The first-order valence-corrected chi connectivity index (χ1v) is 14.3. The molecule has 1 N–H and O–H groups in total. The van der Waals surface area contributed by atoms with Crippen molar-refractivity contribution in [2.45, 2.75) is 45.2 Å². The number of ether oxygens (including phenoxy) is 1. The Bertz CT molecular complexity index is 1530. The van der Waals surface area contributed by atoms with Crippen molar-refractivity contribution in [1.82, 2.24) is 24.8 Å². The van der Waals surface area contributed by atoms with Crippen molar-refractivity contribution >= 4 is 28.3 Å². The standard InChI is InChI=1S/C30H36F3N7O2/c1-18-13-24-22(5-7-34-24)26(19(18)2)40-8-6-23-25(15-40)35-29(42-16-21-14-30(32,33)17-37(21)4)36-27(23)38-9-11-39(12-10-38)28(41)20(3)31/h5,7,13,21,34H,3,6,8-12,14-17H2,1-2,4H3. The monoisotopic (exact) mass is 583 g/mol. The minimum Gasteiger partial charge on any atom is -0.462 e. The minimum atomic E-state index is -2.75. The summed E-state index contributed by atoms with van der Waals surface area (Å²) in [4.78, 5) is 32.5. The minimum absolute atomic E-state index is 0.0515. The van der Waals surface area contributed by atoms with Gasteiger partial charge in [0.15, 0.2) is 5.83 Å². The summed E-state index contributed by atoms with van der Waals surface area (Å²) < 4.78 is 47.5. The van der Waals surface area contributed by atoms with Crippen LogP contribution >= 0.6 is 0 Å². The summed E-state index contributed by atoms with van der Waals surface area (Å²) >= 11 is 0. The third-order valence-corrected chi connectivity index (χ3v) is 8.82. The Kier molecular flexibility index (Phi) is 7.28. The maximum Gasteiger partial charge on any atom is 0.318 e. The molecule has 2 aromatic heterocycles. The number of halogens is 3. The molecule has 5 heterocycles. The number of likely N-dealkylation sites (N-methyl/N-ethyl adjacent to an activating group) is 1. The molecule has 224 valence electrons. The van der Waals surface area contributed by atoms with Crippen LogP contribution in [0.3, 0.4) is 0 Å². The van der Waals surface area contributed by atoms with E-state index in [4.69, 9.17) is 14.7 Å². The van der Waals surface area contributed by atoms with Gasteiger partial charge in [-0.2, -0.15) is 9.97 Å². The first-order chi connectivity index (χ1) is 20.0. The molecule has 42 heavy (non-hydrogen) atoms. The smallest absolute Gasteiger partial charge is 0.318 e. The maximum atomic E-state index is 14.0.